The number of hydrogen-bond donors (Lipinski definition) is 2. The average molecular weight is 394 g/mol. The third kappa shape index (κ3) is 3.73. The van der Waals surface area contributed by atoms with Gasteiger partial charge in [-0.1, -0.05) is 0 Å². The lowest BCUT2D eigenvalue weighted by Gasteiger charge is -2.18. The van der Waals surface area contributed by atoms with Crippen LogP contribution in [-0.4, -0.2) is 37.7 Å². The van der Waals surface area contributed by atoms with E-state index in [0.29, 0.717) is 29.8 Å². The number of amides is 1. The minimum atomic E-state index is -3.25. The maximum atomic E-state index is 12.4. The minimum absolute atomic E-state index is 0.146. The number of aromatic carboxylic acids is 1. The highest BCUT2D eigenvalue weighted by molar-refractivity contribution is 7.93. The van der Waals surface area contributed by atoms with Gasteiger partial charge in [-0.05, 0) is 49.2 Å². The van der Waals surface area contributed by atoms with Crippen molar-refractivity contribution in [3.05, 3.63) is 51.2 Å². The van der Waals surface area contributed by atoms with E-state index in [2.05, 4.69) is 5.32 Å². The maximum Gasteiger partial charge on any atom is 0.345 e. The van der Waals surface area contributed by atoms with E-state index in [9.17, 15) is 18.0 Å². The van der Waals surface area contributed by atoms with E-state index in [1.165, 1.54) is 10.4 Å². The molecule has 0 bridgehead atoms. The molecule has 138 valence electrons. The van der Waals surface area contributed by atoms with Crippen LogP contribution >= 0.6 is 11.3 Å². The first-order valence-corrected chi connectivity index (χ1v) is 10.4. The van der Waals surface area contributed by atoms with Gasteiger partial charge in [0.25, 0.3) is 5.91 Å². The third-order valence-corrected chi connectivity index (χ3v) is 7.08. The van der Waals surface area contributed by atoms with Gasteiger partial charge in [0.15, 0.2) is 0 Å². The molecule has 1 amide bonds. The molecule has 2 N–H and O–H groups in total. The highest BCUT2D eigenvalue weighted by Crippen LogP contribution is 2.26. The Balaban J connectivity index is 1.70. The van der Waals surface area contributed by atoms with Crippen LogP contribution in [0.2, 0.25) is 0 Å². The number of benzene rings is 1. The largest absolute Gasteiger partial charge is 0.477 e. The number of nitrogens with one attached hydrogen (secondary N) is 1. The minimum Gasteiger partial charge on any atom is -0.477 e. The second-order valence-corrected chi connectivity index (χ2v) is 9.18. The van der Waals surface area contributed by atoms with E-state index >= 15 is 0 Å². The van der Waals surface area contributed by atoms with E-state index in [0.717, 1.165) is 16.2 Å². The van der Waals surface area contributed by atoms with Gasteiger partial charge in [-0.15, -0.1) is 11.3 Å². The number of carboxylic acid groups (broad SMARTS) is 1. The summed E-state index contributed by atoms with van der Waals surface area (Å²) < 4.78 is 25.4. The van der Waals surface area contributed by atoms with Crippen LogP contribution in [0.1, 0.15) is 36.9 Å². The maximum absolute atomic E-state index is 12.4. The number of anilines is 1. The summed E-state index contributed by atoms with van der Waals surface area (Å²) >= 11 is 1.11. The van der Waals surface area contributed by atoms with E-state index in [1.54, 1.807) is 31.2 Å². The molecule has 9 heteroatoms. The van der Waals surface area contributed by atoms with E-state index in [4.69, 9.17) is 5.11 Å². The summed E-state index contributed by atoms with van der Waals surface area (Å²) in [7, 11) is -3.25. The number of carbonyl (C=O) groups is 2. The fourth-order valence-corrected chi connectivity index (χ4v) is 5.18. The number of carboxylic acids is 1. The standard InChI is InChI=1S/C17H18N2O5S2/c1-11-9-12(19-7-2-8-26(19,23)24)3-5-14(11)16(20)18-10-13-4-6-15(25-13)17(21)22/h3-6,9H,2,7-8,10H2,1H3,(H,18,20)(H,21,22). The van der Waals surface area contributed by atoms with Crippen LogP contribution in [0.5, 0.6) is 0 Å². The summed E-state index contributed by atoms with van der Waals surface area (Å²) in [5.41, 5.74) is 1.71. The van der Waals surface area contributed by atoms with Crippen molar-refractivity contribution in [1.82, 2.24) is 5.32 Å². The van der Waals surface area contributed by atoms with Crippen molar-refractivity contribution in [3.8, 4) is 0 Å². The quantitative estimate of drug-likeness (QED) is 0.809. The SMILES string of the molecule is Cc1cc(N2CCCS2(=O)=O)ccc1C(=O)NCc1ccc(C(=O)O)s1. The van der Waals surface area contributed by atoms with Gasteiger partial charge in [-0.25, -0.2) is 13.2 Å². The molecule has 1 aliphatic heterocycles. The van der Waals surface area contributed by atoms with Crippen LogP contribution < -0.4 is 9.62 Å². The summed E-state index contributed by atoms with van der Waals surface area (Å²) in [6, 6.07) is 8.13. The van der Waals surface area contributed by atoms with Gasteiger partial charge >= 0.3 is 5.97 Å². The zero-order chi connectivity index (χ0) is 18.9. The molecule has 0 unspecified atom stereocenters. The number of aryl methyl sites for hydroxylation is 1. The Morgan fingerprint density at radius 1 is 1.27 bits per heavy atom. The number of rotatable bonds is 5. The molecular weight excluding hydrogens is 376 g/mol. The molecule has 2 aromatic rings. The molecule has 0 radical (unpaired) electrons. The Labute approximate surface area is 155 Å². The van der Waals surface area contributed by atoms with Crippen LogP contribution in [0, 0.1) is 6.92 Å². The summed E-state index contributed by atoms with van der Waals surface area (Å²) in [6.07, 6.45) is 0.600. The van der Waals surface area contributed by atoms with Crippen molar-refractivity contribution in [2.24, 2.45) is 0 Å². The zero-order valence-electron chi connectivity index (χ0n) is 14.1. The lowest BCUT2D eigenvalue weighted by molar-refractivity contribution is 0.0702. The Kier molecular flexibility index (Phi) is 5.01. The van der Waals surface area contributed by atoms with Crippen LogP contribution in [0.25, 0.3) is 0 Å². The van der Waals surface area contributed by atoms with Crippen molar-refractivity contribution < 1.29 is 23.1 Å². The van der Waals surface area contributed by atoms with Crippen LogP contribution in [0.15, 0.2) is 30.3 Å². The number of thiophene rings is 1. The monoisotopic (exact) mass is 394 g/mol. The predicted octanol–water partition coefficient (Wildman–Crippen LogP) is 2.22. The lowest BCUT2D eigenvalue weighted by atomic mass is 10.1. The Morgan fingerprint density at radius 2 is 2.04 bits per heavy atom. The molecule has 1 aliphatic rings. The van der Waals surface area contributed by atoms with Gasteiger partial charge in [0.05, 0.1) is 18.0 Å². The Bertz CT molecular complexity index is 965. The molecule has 0 aliphatic carbocycles. The molecule has 1 fully saturated rings. The second kappa shape index (κ2) is 7.08. The molecule has 2 heterocycles. The summed E-state index contributed by atoms with van der Waals surface area (Å²) in [5.74, 6) is -1.13. The highest BCUT2D eigenvalue weighted by Gasteiger charge is 2.28. The highest BCUT2D eigenvalue weighted by atomic mass is 32.2. The van der Waals surface area contributed by atoms with Crippen molar-refractivity contribution in [2.75, 3.05) is 16.6 Å². The molecule has 0 saturated carbocycles. The third-order valence-electron chi connectivity index (χ3n) is 4.14. The topological polar surface area (TPSA) is 104 Å². The normalized spacial score (nSPS) is 15.8. The van der Waals surface area contributed by atoms with E-state index < -0.39 is 16.0 Å². The molecule has 1 aromatic carbocycles. The van der Waals surface area contributed by atoms with Gasteiger partial charge in [0.1, 0.15) is 4.88 Å². The zero-order valence-corrected chi connectivity index (χ0v) is 15.7. The first-order chi connectivity index (χ1) is 12.3. The van der Waals surface area contributed by atoms with E-state index in [-0.39, 0.29) is 23.1 Å². The summed E-state index contributed by atoms with van der Waals surface area (Å²) in [6.45, 7) is 2.45. The molecule has 26 heavy (non-hydrogen) atoms. The smallest absolute Gasteiger partial charge is 0.345 e. The average Bonchev–Trinajstić information content (AvgIpc) is 3.18. The Morgan fingerprint density at radius 3 is 2.62 bits per heavy atom. The van der Waals surface area contributed by atoms with Crippen molar-refractivity contribution in [3.63, 3.8) is 0 Å². The molecule has 1 saturated heterocycles. The van der Waals surface area contributed by atoms with Crippen LogP contribution in [-0.2, 0) is 16.6 Å². The molecular formula is C17H18N2O5S2. The molecule has 0 spiro atoms. The van der Waals surface area contributed by atoms with Crippen LogP contribution in [0.4, 0.5) is 5.69 Å². The predicted molar refractivity (Wildman–Crippen MR) is 99.4 cm³/mol. The number of sulfonamides is 1. The second-order valence-electron chi connectivity index (χ2n) is 5.99. The molecule has 3 rings (SSSR count). The number of hydrogen-bond acceptors (Lipinski definition) is 5. The van der Waals surface area contributed by atoms with Crippen LogP contribution in [0.3, 0.4) is 0 Å². The number of carbonyl (C=O) groups excluding carboxylic acids is 1. The first kappa shape index (κ1) is 18.4. The van der Waals surface area contributed by atoms with Crippen molar-refractivity contribution in [1.29, 1.82) is 0 Å². The fraction of sp³-hybridized carbons (Fsp3) is 0.294. The fourth-order valence-electron chi connectivity index (χ4n) is 2.84. The van der Waals surface area contributed by atoms with Gasteiger partial charge < -0.3 is 10.4 Å². The van der Waals surface area contributed by atoms with Gasteiger partial charge in [-0.2, -0.15) is 0 Å². The first-order valence-electron chi connectivity index (χ1n) is 7.99. The summed E-state index contributed by atoms with van der Waals surface area (Å²) in [5, 5.41) is 11.7. The molecule has 7 nitrogen and oxygen atoms in total. The Hall–Kier alpha value is -2.39. The van der Waals surface area contributed by atoms with Gasteiger partial charge in [0.2, 0.25) is 10.0 Å². The lowest BCUT2D eigenvalue weighted by Crippen LogP contribution is -2.26. The summed E-state index contributed by atoms with van der Waals surface area (Å²) in [4.78, 5) is 24.2. The van der Waals surface area contributed by atoms with Gasteiger partial charge in [-0.3, -0.25) is 9.10 Å². The van der Waals surface area contributed by atoms with Gasteiger partial charge in [0, 0.05) is 17.0 Å². The van der Waals surface area contributed by atoms with E-state index in [1.807, 2.05) is 0 Å². The molecule has 1 aromatic heterocycles. The number of nitrogens with zero attached hydrogens (tertiary/aromatic N) is 1. The van der Waals surface area contributed by atoms with Crippen molar-refractivity contribution >= 4 is 38.9 Å². The molecule has 0 atom stereocenters. The van der Waals surface area contributed by atoms with Crippen molar-refractivity contribution in [2.45, 2.75) is 19.9 Å².